The average molecular weight is 210 g/mol. The molecule has 15 heavy (non-hydrogen) atoms. The van der Waals surface area contributed by atoms with E-state index in [0.717, 1.165) is 29.6 Å². The fourth-order valence-electron chi connectivity index (χ4n) is 3.18. The summed E-state index contributed by atoms with van der Waals surface area (Å²) >= 11 is 0. The van der Waals surface area contributed by atoms with Gasteiger partial charge in [0.05, 0.1) is 0 Å². The van der Waals surface area contributed by atoms with Crippen molar-refractivity contribution in [2.45, 2.75) is 66.7 Å². The van der Waals surface area contributed by atoms with Crippen LogP contribution < -0.4 is 0 Å². The molecule has 1 aliphatic carbocycles. The van der Waals surface area contributed by atoms with Crippen LogP contribution >= 0.6 is 0 Å². The van der Waals surface area contributed by atoms with Gasteiger partial charge in [0, 0.05) is 0 Å². The molecule has 0 aromatic carbocycles. The molecule has 0 aromatic heterocycles. The third kappa shape index (κ3) is 4.57. The minimum absolute atomic E-state index is 0.864. The summed E-state index contributed by atoms with van der Waals surface area (Å²) in [6.45, 7) is 12.0. The first-order chi connectivity index (χ1) is 6.99. The summed E-state index contributed by atoms with van der Waals surface area (Å²) in [6, 6.07) is 0. The molecule has 1 rings (SSSR count). The molecule has 0 aromatic rings. The summed E-state index contributed by atoms with van der Waals surface area (Å²) < 4.78 is 0. The monoisotopic (exact) mass is 210 g/mol. The summed E-state index contributed by atoms with van der Waals surface area (Å²) in [4.78, 5) is 0. The van der Waals surface area contributed by atoms with Gasteiger partial charge in [-0.25, -0.2) is 0 Å². The largest absolute Gasteiger partial charge is 0.0625 e. The van der Waals surface area contributed by atoms with Crippen LogP contribution in [0.5, 0.6) is 0 Å². The van der Waals surface area contributed by atoms with E-state index in [1.54, 1.807) is 0 Å². The summed E-state index contributed by atoms with van der Waals surface area (Å²) in [7, 11) is 0. The summed E-state index contributed by atoms with van der Waals surface area (Å²) in [5.41, 5.74) is 0. The lowest BCUT2D eigenvalue weighted by Crippen LogP contribution is -2.20. The van der Waals surface area contributed by atoms with Gasteiger partial charge < -0.3 is 0 Å². The van der Waals surface area contributed by atoms with Gasteiger partial charge in [0.2, 0.25) is 0 Å². The van der Waals surface area contributed by atoms with E-state index in [4.69, 9.17) is 0 Å². The third-order valence-corrected chi connectivity index (χ3v) is 4.44. The Bertz CT molecular complexity index is 161. The van der Waals surface area contributed by atoms with Crippen LogP contribution in [-0.4, -0.2) is 0 Å². The Kier molecular flexibility index (Phi) is 5.15. The van der Waals surface area contributed by atoms with Gasteiger partial charge in [-0.05, 0) is 48.9 Å². The van der Waals surface area contributed by atoms with E-state index in [1.165, 1.54) is 32.1 Å². The van der Waals surface area contributed by atoms with Crippen molar-refractivity contribution in [2.24, 2.45) is 29.6 Å². The highest BCUT2D eigenvalue weighted by Crippen LogP contribution is 2.36. The molecule has 1 aliphatic rings. The fourth-order valence-corrected chi connectivity index (χ4v) is 3.18. The minimum atomic E-state index is 0.864. The lowest BCUT2D eigenvalue weighted by molar-refractivity contribution is 0.196. The molecule has 1 fully saturated rings. The Morgan fingerprint density at radius 1 is 0.933 bits per heavy atom. The van der Waals surface area contributed by atoms with Gasteiger partial charge in [0.25, 0.3) is 0 Å². The number of hydrogen-bond donors (Lipinski definition) is 0. The van der Waals surface area contributed by atoms with E-state index in [2.05, 4.69) is 34.6 Å². The van der Waals surface area contributed by atoms with E-state index in [1.807, 2.05) is 0 Å². The summed E-state index contributed by atoms with van der Waals surface area (Å²) in [5, 5.41) is 0. The third-order valence-electron chi connectivity index (χ3n) is 4.44. The van der Waals surface area contributed by atoms with Crippen LogP contribution in [0.2, 0.25) is 0 Å². The maximum atomic E-state index is 2.44. The normalized spacial score (nSPS) is 34.4. The van der Waals surface area contributed by atoms with E-state index in [0.29, 0.717) is 0 Å². The Balaban J connectivity index is 2.26. The van der Waals surface area contributed by atoms with E-state index >= 15 is 0 Å². The zero-order chi connectivity index (χ0) is 11.4. The van der Waals surface area contributed by atoms with Gasteiger partial charge in [-0.3, -0.25) is 0 Å². The molecule has 0 amide bonds. The van der Waals surface area contributed by atoms with Gasteiger partial charge >= 0.3 is 0 Å². The summed E-state index contributed by atoms with van der Waals surface area (Å²) in [6.07, 6.45) is 7.39. The quantitative estimate of drug-likeness (QED) is 0.603. The Hall–Kier alpha value is 0. The van der Waals surface area contributed by atoms with Crippen molar-refractivity contribution in [3.05, 3.63) is 0 Å². The predicted molar refractivity (Wildman–Crippen MR) is 68.9 cm³/mol. The molecule has 1 saturated carbocycles. The second kappa shape index (κ2) is 5.92. The smallest absolute Gasteiger partial charge is 0.0409 e. The van der Waals surface area contributed by atoms with E-state index in [-0.39, 0.29) is 0 Å². The van der Waals surface area contributed by atoms with Crippen molar-refractivity contribution in [3.8, 4) is 0 Å². The van der Waals surface area contributed by atoms with Crippen LogP contribution in [0.1, 0.15) is 66.7 Å². The van der Waals surface area contributed by atoms with Crippen molar-refractivity contribution in [2.75, 3.05) is 0 Å². The highest BCUT2D eigenvalue weighted by molar-refractivity contribution is 4.75. The molecule has 0 heteroatoms. The zero-order valence-corrected chi connectivity index (χ0v) is 11.4. The highest BCUT2D eigenvalue weighted by atomic mass is 14.3. The molecule has 0 spiro atoms. The maximum Gasteiger partial charge on any atom is -0.0409 e. The van der Waals surface area contributed by atoms with Crippen molar-refractivity contribution in [3.63, 3.8) is 0 Å². The Labute approximate surface area is 96.8 Å². The average Bonchev–Trinajstić information content (AvgIpc) is 2.12. The summed E-state index contributed by atoms with van der Waals surface area (Å²) in [5.74, 6) is 4.77. The molecule has 0 aliphatic heterocycles. The lowest BCUT2D eigenvalue weighted by Gasteiger charge is -2.32. The van der Waals surface area contributed by atoms with Crippen molar-refractivity contribution in [1.82, 2.24) is 0 Å². The SMILES string of the molecule is CC1CC(CCC(C)C(C)C)C[C@H](C)C1. The number of rotatable bonds is 4. The molecular formula is C15H30. The van der Waals surface area contributed by atoms with Crippen LogP contribution in [0.3, 0.4) is 0 Å². The van der Waals surface area contributed by atoms with Gasteiger partial charge in [0.1, 0.15) is 0 Å². The zero-order valence-electron chi connectivity index (χ0n) is 11.4. The standard InChI is InChI=1S/C15H30/c1-11(2)14(5)6-7-15-9-12(3)8-13(4)10-15/h11-15H,6-10H2,1-5H3/t12-,13?,14?,15?/m1/s1. The van der Waals surface area contributed by atoms with Crippen LogP contribution in [0, 0.1) is 29.6 Å². The fraction of sp³-hybridized carbons (Fsp3) is 1.00. The first-order valence-corrected chi connectivity index (χ1v) is 6.99. The molecule has 4 atom stereocenters. The van der Waals surface area contributed by atoms with Crippen LogP contribution in [0.15, 0.2) is 0 Å². The molecular weight excluding hydrogens is 180 g/mol. The first-order valence-electron chi connectivity index (χ1n) is 6.99. The topological polar surface area (TPSA) is 0 Å². The second-order valence-corrected chi connectivity index (χ2v) is 6.58. The first kappa shape index (κ1) is 13.1. The van der Waals surface area contributed by atoms with Crippen LogP contribution in [0.25, 0.3) is 0 Å². The van der Waals surface area contributed by atoms with Gasteiger partial charge in [-0.2, -0.15) is 0 Å². The Morgan fingerprint density at radius 2 is 1.47 bits per heavy atom. The molecule has 0 heterocycles. The van der Waals surface area contributed by atoms with Crippen molar-refractivity contribution >= 4 is 0 Å². The number of hydrogen-bond acceptors (Lipinski definition) is 0. The van der Waals surface area contributed by atoms with Gasteiger partial charge in [0.15, 0.2) is 0 Å². The molecule has 90 valence electrons. The molecule has 0 nitrogen and oxygen atoms in total. The maximum absolute atomic E-state index is 2.44. The molecule has 3 unspecified atom stereocenters. The van der Waals surface area contributed by atoms with Crippen molar-refractivity contribution in [1.29, 1.82) is 0 Å². The Morgan fingerprint density at radius 3 is 1.93 bits per heavy atom. The molecule has 0 N–H and O–H groups in total. The van der Waals surface area contributed by atoms with Crippen LogP contribution in [-0.2, 0) is 0 Å². The van der Waals surface area contributed by atoms with Crippen molar-refractivity contribution < 1.29 is 0 Å². The lowest BCUT2D eigenvalue weighted by atomic mass is 9.74. The van der Waals surface area contributed by atoms with Gasteiger partial charge in [-0.1, -0.05) is 47.5 Å². The predicted octanol–water partition coefficient (Wildman–Crippen LogP) is 5.13. The second-order valence-electron chi connectivity index (χ2n) is 6.58. The highest BCUT2D eigenvalue weighted by Gasteiger charge is 2.24. The van der Waals surface area contributed by atoms with Gasteiger partial charge in [-0.15, -0.1) is 0 Å². The minimum Gasteiger partial charge on any atom is -0.0625 e. The van der Waals surface area contributed by atoms with E-state index in [9.17, 15) is 0 Å². The molecule has 0 radical (unpaired) electrons. The van der Waals surface area contributed by atoms with Crippen LogP contribution in [0.4, 0.5) is 0 Å². The van der Waals surface area contributed by atoms with E-state index < -0.39 is 0 Å². The molecule has 0 bridgehead atoms. The molecule has 0 saturated heterocycles.